The van der Waals surface area contributed by atoms with Crippen LogP contribution in [0.25, 0.3) is 11.0 Å². The Hall–Kier alpha value is -2.86. The van der Waals surface area contributed by atoms with Gasteiger partial charge in [0.1, 0.15) is 18.2 Å². The van der Waals surface area contributed by atoms with E-state index in [1.165, 1.54) is 18.2 Å². The summed E-state index contributed by atoms with van der Waals surface area (Å²) in [5.74, 6) is 2.26. The van der Waals surface area contributed by atoms with Crippen molar-refractivity contribution in [3.05, 3.63) is 59.4 Å². The molecule has 1 amide bonds. The Kier molecular flexibility index (Phi) is 8.06. The number of nitrogens with zero attached hydrogens (tertiary/aromatic N) is 2. The van der Waals surface area contributed by atoms with Crippen molar-refractivity contribution in [1.29, 1.82) is 0 Å². The normalized spacial score (nSPS) is 11.3. The van der Waals surface area contributed by atoms with E-state index in [-0.39, 0.29) is 12.5 Å². The highest BCUT2D eigenvalue weighted by molar-refractivity contribution is 5.77. The topological polar surface area (TPSA) is 65.4 Å². The Morgan fingerprint density at radius 2 is 2.00 bits per heavy atom. The maximum atomic E-state index is 11.7. The lowest BCUT2D eigenvalue weighted by molar-refractivity contribution is -0.124. The zero-order valence-electron chi connectivity index (χ0n) is 19.0. The number of carbonyl (C=O) groups is 1. The molecule has 0 atom stereocenters. The van der Waals surface area contributed by atoms with E-state index < -0.39 is 0 Å². The molecule has 3 aromatic rings. The number of aromatic nitrogens is 2. The highest BCUT2D eigenvalue weighted by Crippen LogP contribution is 2.27. The van der Waals surface area contributed by atoms with Gasteiger partial charge in [-0.3, -0.25) is 4.79 Å². The van der Waals surface area contributed by atoms with E-state index in [9.17, 15) is 4.79 Å². The molecule has 0 saturated carbocycles. The SMILES string of the molecule is COCC(=O)NCCc1nc2ccccc2n1CCCOc1cc(C)ccc1C(C)C. The minimum Gasteiger partial charge on any atom is -0.493 e. The number of nitrogens with one attached hydrogen (secondary N) is 1. The third kappa shape index (κ3) is 6.07. The molecule has 0 radical (unpaired) electrons. The molecule has 6 nitrogen and oxygen atoms in total. The number of rotatable bonds is 11. The quantitative estimate of drug-likeness (QED) is 0.469. The number of imidazole rings is 1. The van der Waals surface area contributed by atoms with E-state index in [1.807, 2.05) is 18.2 Å². The van der Waals surface area contributed by atoms with E-state index in [2.05, 4.69) is 54.9 Å². The zero-order chi connectivity index (χ0) is 22.2. The Bertz CT molecular complexity index is 1010. The molecule has 166 valence electrons. The van der Waals surface area contributed by atoms with Gasteiger partial charge >= 0.3 is 0 Å². The highest BCUT2D eigenvalue weighted by atomic mass is 16.5. The van der Waals surface area contributed by atoms with E-state index in [0.29, 0.717) is 25.5 Å². The fourth-order valence-corrected chi connectivity index (χ4v) is 3.71. The van der Waals surface area contributed by atoms with Crippen molar-refractivity contribution in [2.45, 2.75) is 46.1 Å². The summed E-state index contributed by atoms with van der Waals surface area (Å²) < 4.78 is 13.3. The highest BCUT2D eigenvalue weighted by Gasteiger charge is 2.12. The molecule has 1 aromatic heterocycles. The molecule has 31 heavy (non-hydrogen) atoms. The lowest BCUT2D eigenvalue weighted by Crippen LogP contribution is -2.29. The molecule has 0 bridgehead atoms. The number of benzene rings is 2. The van der Waals surface area contributed by atoms with Crippen molar-refractivity contribution in [2.75, 3.05) is 26.9 Å². The van der Waals surface area contributed by atoms with E-state index in [1.54, 1.807) is 0 Å². The number of amides is 1. The van der Waals surface area contributed by atoms with Crippen molar-refractivity contribution in [3.63, 3.8) is 0 Å². The number of methoxy groups -OCH3 is 1. The lowest BCUT2D eigenvalue weighted by Gasteiger charge is -2.15. The number of aryl methyl sites for hydroxylation is 2. The number of para-hydroxylation sites is 2. The maximum Gasteiger partial charge on any atom is 0.245 e. The predicted octanol–water partition coefficient (Wildman–Crippen LogP) is 4.24. The third-order valence-corrected chi connectivity index (χ3v) is 5.25. The summed E-state index contributed by atoms with van der Waals surface area (Å²) in [5.41, 5.74) is 4.53. The molecule has 1 heterocycles. The van der Waals surface area contributed by atoms with Crippen molar-refractivity contribution in [3.8, 4) is 5.75 Å². The Labute approximate surface area is 184 Å². The predicted molar refractivity (Wildman–Crippen MR) is 124 cm³/mol. The van der Waals surface area contributed by atoms with Gasteiger partial charge in [-0.25, -0.2) is 4.98 Å². The van der Waals surface area contributed by atoms with Crippen LogP contribution in [0.4, 0.5) is 0 Å². The molecule has 2 aromatic carbocycles. The summed E-state index contributed by atoms with van der Waals surface area (Å²) in [6.07, 6.45) is 1.54. The average Bonchev–Trinajstić information content (AvgIpc) is 3.08. The molecule has 0 unspecified atom stereocenters. The van der Waals surface area contributed by atoms with Gasteiger partial charge in [0.25, 0.3) is 0 Å². The minimum absolute atomic E-state index is 0.0745. The van der Waals surface area contributed by atoms with Crippen LogP contribution in [-0.4, -0.2) is 42.3 Å². The Balaban J connectivity index is 1.64. The van der Waals surface area contributed by atoms with E-state index >= 15 is 0 Å². The van der Waals surface area contributed by atoms with E-state index in [0.717, 1.165) is 35.6 Å². The number of hydrogen-bond donors (Lipinski definition) is 1. The van der Waals surface area contributed by atoms with Crippen LogP contribution in [0.1, 0.15) is 43.1 Å². The van der Waals surface area contributed by atoms with Gasteiger partial charge in [-0.05, 0) is 48.6 Å². The molecular formula is C25H33N3O3. The molecule has 0 aliphatic heterocycles. The molecule has 1 N–H and O–H groups in total. The van der Waals surface area contributed by atoms with Crippen molar-refractivity contribution >= 4 is 16.9 Å². The smallest absolute Gasteiger partial charge is 0.245 e. The Morgan fingerprint density at radius 1 is 1.19 bits per heavy atom. The second-order valence-corrected chi connectivity index (χ2v) is 8.10. The number of hydrogen-bond acceptors (Lipinski definition) is 4. The summed E-state index contributed by atoms with van der Waals surface area (Å²) in [5, 5.41) is 2.87. The lowest BCUT2D eigenvalue weighted by atomic mass is 10.0. The number of fused-ring (bicyclic) bond motifs is 1. The summed E-state index contributed by atoms with van der Waals surface area (Å²) >= 11 is 0. The van der Waals surface area contributed by atoms with Crippen LogP contribution in [0.5, 0.6) is 5.75 Å². The van der Waals surface area contributed by atoms with Crippen LogP contribution in [0.15, 0.2) is 42.5 Å². The van der Waals surface area contributed by atoms with Crippen LogP contribution in [-0.2, 0) is 22.5 Å². The van der Waals surface area contributed by atoms with Gasteiger partial charge in [-0.15, -0.1) is 0 Å². The molecule has 3 rings (SSSR count). The van der Waals surface area contributed by atoms with Gasteiger partial charge in [0.2, 0.25) is 5.91 Å². The van der Waals surface area contributed by atoms with Crippen molar-refractivity contribution in [2.24, 2.45) is 0 Å². The van der Waals surface area contributed by atoms with Crippen LogP contribution in [0.2, 0.25) is 0 Å². The summed E-state index contributed by atoms with van der Waals surface area (Å²) in [7, 11) is 1.52. The Morgan fingerprint density at radius 3 is 2.77 bits per heavy atom. The van der Waals surface area contributed by atoms with Crippen molar-refractivity contribution in [1.82, 2.24) is 14.9 Å². The molecule has 0 fully saturated rings. The van der Waals surface area contributed by atoms with Gasteiger partial charge in [-0.1, -0.05) is 38.1 Å². The van der Waals surface area contributed by atoms with Gasteiger partial charge in [0.15, 0.2) is 0 Å². The number of carbonyl (C=O) groups excluding carboxylic acids is 1. The van der Waals surface area contributed by atoms with Gasteiger partial charge in [-0.2, -0.15) is 0 Å². The fourth-order valence-electron chi connectivity index (χ4n) is 3.71. The molecule has 0 aliphatic carbocycles. The first-order valence-electron chi connectivity index (χ1n) is 10.9. The fraction of sp³-hybridized carbons (Fsp3) is 0.440. The maximum absolute atomic E-state index is 11.7. The second kappa shape index (κ2) is 11.0. The van der Waals surface area contributed by atoms with Crippen molar-refractivity contribution < 1.29 is 14.3 Å². The van der Waals surface area contributed by atoms with Crippen LogP contribution < -0.4 is 10.1 Å². The molecule has 0 aliphatic rings. The average molecular weight is 424 g/mol. The van der Waals surface area contributed by atoms with Crippen LogP contribution >= 0.6 is 0 Å². The summed E-state index contributed by atoms with van der Waals surface area (Å²) in [6, 6.07) is 14.6. The second-order valence-electron chi connectivity index (χ2n) is 8.10. The molecule has 0 saturated heterocycles. The first-order valence-corrected chi connectivity index (χ1v) is 10.9. The molecule has 0 spiro atoms. The monoisotopic (exact) mass is 423 g/mol. The summed E-state index contributed by atoms with van der Waals surface area (Å²) in [6.45, 7) is 8.52. The van der Waals surface area contributed by atoms with Crippen LogP contribution in [0, 0.1) is 6.92 Å². The van der Waals surface area contributed by atoms with Crippen LogP contribution in [0.3, 0.4) is 0 Å². The standard InChI is InChI=1S/C25H33N3O3/c1-18(2)20-11-10-19(3)16-23(20)31-15-7-14-28-22-9-6-5-8-21(22)27-24(28)12-13-26-25(29)17-30-4/h5-6,8-11,16,18H,7,12-15,17H2,1-4H3,(H,26,29). The first-order chi connectivity index (χ1) is 15.0. The third-order valence-electron chi connectivity index (χ3n) is 5.25. The van der Waals surface area contributed by atoms with Gasteiger partial charge in [0.05, 0.1) is 17.6 Å². The largest absolute Gasteiger partial charge is 0.493 e. The van der Waals surface area contributed by atoms with Gasteiger partial charge < -0.3 is 19.4 Å². The molecule has 6 heteroatoms. The first kappa shape index (κ1) is 22.8. The molecular weight excluding hydrogens is 390 g/mol. The van der Waals surface area contributed by atoms with E-state index in [4.69, 9.17) is 14.5 Å². The zero-order valence-corrected chi connectivity index (χ0v) is 19.0. The summed E-state index contributed by atoms with van der Waals surface area (Å²) in [4.78, 5) is 16.4. The van der Waals surface area contributed by atoms with Gasteiger partial charge in [0, 0.05) is 26.6 Å². The minimum atomic E-state index is -0.113. The number of ether oxygens (including phenoxy) is 2.